The Morgan fingerprint density at radius 1 is 1.16 bits per heavy atom. The number of esters is 1. The Morgan fingerprint density at radius 3 is 1.68 bits per heavy atom. The second-order valence-corrected chi connectivity index (χ2v) is 4.04. The molecule has 0 aromatic heterocycles. The number of ketones is 1. The van der Waals surface area contributed by atoms with Crippen LogP contribution in [0.4, 0.5) is 0 Å². The lowest BCUT2D eigenvalue weighted by Gasteiger charge is -1.96. The normalized spacial score (nSPS) is 8.26. The van der Waals surface area contributed by atoms with Crippen molar-refractivity contribution in [2.24, 2.45) is 0 Å². The maximum atomic E-state index is 10.5. The average Bonchev–Trinajstić information content (AvgIpc) is 2.11. The molecule has 3 radical (unpaired) electrons. The lowest BCUT2D eigenvalue weighted by Crippen LogP contribution is -2.08. The van der Waals surface area contributed by atoms with Crippen LogP contribution >= 0.6 is 0 Å². The van der Waals surface area contributed by atoms with Crippen molar-refractivity contribution < 1.29 is 24.5 Å². The van der Waals surface area contributed by atoms with Crippen molar-refractivity contribution in [2.45, 2.75) is 53.2 Å². The van der Waals surface area contributed by atoms with Gasteiger partial charge in [0.2, 0.25) is 0 Å². The number of Topliss-reactive ketones (excluding diaryl/α,β-unsaturated/α-hetero) is 1. The van der Waals surface area contributed by atoms with Crippen LogP contribution in [0.1, 0.15) is 41.0 Å². The van der Waals surface area contributed by atoms with Gasteiger partial charge in [-0.05, 0) is 34.6 Å². The maximum absolute atomic E-state index is 10.5. The van der Waals surface area contributed by atoms with Crippen LogP contribution in [0.15, 0.2) is 12.7 Å². The van der Waals surface area contributed by atoms with Crippen molar-refractivity contribution in [2.75, 3.05) is 6.61 Å². The molecule has 0 amide bonds. The summed E-state index contributed by atoms with van der Waals surface area (Å²) >= 11 is 0. The topological polar surface area (TPSA) is 83.8 Å². The predicted octanol–water partition coefficient (Wildman–Crippen LogP) is 1.09. The summed E-state index contributed by atoms with van der Waals surface area (Å²) in [6, 6.07) is 0. The molecule has 0 aliphatic heterocycles. The molecule has 0 spiro atoms. The third-order valence-corrected chi connectivity index (χ3v) is 0.755. The van der Waals surface area contributed by atoms with Crippen LogP contribution in [0.2, 0.25) is 0 Å². The van der Waals surface area contributed by atoms with Gasteiger partial charge in [-0.1, -0.05) is 12.7 Å². The van der Waals surface area contributed by atoms with E-state index in [2.05, 4.69) is 11.3 Å². The highest BCUT2D eigenvalue weighted by atomic mass is 16.5. The smallest absolute Gasteiger partial charge is 0.313 e. The molecular formula is C13H26BO5. The third-order valence-electron chi connectivity index (χ3n) is 0.755. The monoisotopic (exact) mass is 273 g/mol. The van der Waals surface area contributed by atoms with Gasteiger partial charge in [-0.2, -0.15) is 0 Å². The summed E-state index contributed by atoms with van der Waals surface area (Å²) < 4.78 is 4.52. The standard InChI is InChI=1S/C7H10O3.2C3H8O.B/c1-3-4-10-7(9)5-6(2)8;2*1-3(2)4;/h3H,1,4-5H2,2H3;2*3-4H,1-2H3;. The van der Waals surface area contributed by atoms with Gasteiger partial charge in [0.05, 0.1) is 0 Å². The number of aliphatic hydroxyl groups is 2. The van der Waals surface area contributed by atoms with Crippen LogP contribution in [0.25, 0.3) is 0 Å². The van der Waals surface area contributed by atoms with E-state index in [0.29, 0.717) is 0 Å². The van der Waals surface area contributed by atoms with Gasteiger partial charge in [0.25, 0.3) is 0 Å². The zero-order chi connectivity index (χ0) is 15.1. The van der Waals surface area contributed by atoms with Gasteiger partial charge < -0.3 is 14.9 Å². The first-order chi connectivity index (χ1) is 8.13. The molecule has 0 aromatic rings. The minimum atomic E-state index is -0.493. The summed E-state index contributed by atoms with van der Waals surface area (Å²) in [5.41, 5.74) is 0. The zero-order valence-electron chi connectivity index (χ0n) is 12.5. The second kappa shape index (κ2) is 19.2. The lowest BCUT2D eigenvalue weighted by atomic mass is 10.3. The molecule has 6 heteroatoms. The van der Waals surface area contributed by atoms with E-state index >= 15 is 0 Å². The molecule has 0 saturated carbocycles. The minimum absolute atomic E-state index is 0. The maximum Gasteiger partial charge on any atom is 0.313 e. The van der Waals surface area contributed by atoms with E-state index in [1.54, 1.807) is 27.7 Å². The molecule has 0 aliphatic rings. The van der Waals surface area contributed by atoms with Gasteiger partial charge in [-0.15, -0.1) is 0 Å². The summed E-state index contributed by atoms with van der Waals surface area (Å²) in [5.74, 6) is -0.679. The molecule has 0 heterocycles. The van der Waals surface area contributed by atoms with E-state index in [9.17, 15) is 9.59 Å². The molecular weight excluding hydrogens is 247 g/mol. The van der Waals surface area contributed by atoms with Gasteiger partial charge in [0.15, 0.2) is 0 Å². The van der Waals surface area contributed by atoms with Crippen molar-refractivity contribution in [3.63, 3.8) is 0 Å². The van der Waals surface area contributed by atoms with Crippen molar-refractivity contribution >= 4 is 20.2 Å². The van der Waals surface area contributed by atoms with E-state index < -0.39 is 5.97 Å². The molecule has 0 aliphatic carbocycles. The molecule has 0 rings (SSSR count). The number of ether oxygens (including phenoxy) is 1. The Hall–Kier alpha value is -1.14. The Morgan fingerprint density at radius 2 is 1.47 bits per heavy atom. The van der Waals surface area contributed by atoms with Crippen molar-refractivity contribution in [3.05, 3.63) is 12.7 Å². The molecule has 2 N–H and O–H groups in total. The molecule has 0 bridgehead atoms. The van der Waals surface area contributed by atoms with Crippen molar-refractivity contribution in [1.29, 1.82) is 0 Å². The lowest BCUT2D eigenvalue weighted by molar-refractivity contribution is -0.144. The van der Waals surface area contributed by atoms with Gasteiger partial charge in [0, 0.05) is 20.6 Å². The van der Waals surface area contributed by atoms with Crippen LogP contribution in [-0.2, 0) is 14.3 Å². The number of rotatable bonds is 4. The molecule has 19 heavy (non-hydrogen) atoms. The molecule has 0 aromatic carbocycles. The van der Waals surface area contributed by atoms with Crippen LogP contribution in [0.5, 0.6) is 0 Å². The van der Waals surface area contributed by atoms with E-state index in [0.717, 1.165) is 0 Å². The second-order valence-electron chi connectivity index (χ2n) is 4.04. The van der Waals surface area contributed by atoms with Crippen molar-refractivity contribution in [1.82, 2.24) is 0 Å². The number of carbonyl (C=O) groups is 2. The molecule has 0 saturated heterocycles. The van der Waals surface area contributed by atoms with Gasteiger partial charge in [0.1, 0.15) is 18.8 Å². The summed E-state index contributed by atoms with van der Waals surface area (Å²) in [4.78, 5) is 20.8. The molecule has 111 valence electrons. The number of aliphatic hydroxyl groups excluding tert-OH is 2. The van der Waals surface area contributed by atoms with Crippen molar-refractivity contribution in [3.8, 4) is 0 Å². The quantitative estimate of drug-likeness (QED) is 0.346. The fourth-order valence-corrected chi connectivity index (χ4v) is 0.406. The zero-order valence-corrected chi connectivity index (χ0v) is 12.5. The fourth-order valence-electron chi connectivity index (χ4n) is 0.406. The predicted molar refractivity (Wildman–Crippen MR) is 76.9 cm³/mol. The van der Waals surface area contributed by atoms with Gasteiger partial charge >= 0.3 is 5.97 Å². The molecule has 5 nitrogen and oxygen atoms in total. The Kier molecular flexibility index (Phi) is 26.7. The first-order valence-corrected chi connectivity index (χ1v) is 5.75. The van der Waals surface area contributed by atoms with Crippen LogP contribution in [-0.4, -0.2) is 49.2 Å². The third kappa shape index (κ3) is 79.1. The fraction of sp³-hybridized carbons (Fsp3) is 0.692. The highest BCUT2D eigenvalue weighted by Gasteiger charge is 2.03. The first kappa shape index (κ1) is 26.4. The van der Waals surface area contributed by atoms with Gasteiger partial charge in [-0.25, -0.2) is 0 Å². The van der Waals surface area contributed by atoms with E-state index in [1.165, 1.54) is 13.0 Å². The minimum Gasteiger partial charge on any atom is -0.461 e. The summed E-state index contributed by atoms with van der Waals surface area (Å²) in [6.07, 6.45) is 0.978. The number of hydrogen-bond acceptors (Lipinski definition) is 5. The number of hydrogen-bond donors (Lipinski definition) is 2. The number of carbonyl (C=O) groups excluding carboxylic acids is 2. The van der Waals surface area contributed by atoms with Gasteiger partial charge in [-0.3, -0.25) is 9.59 Å². The largest absolute Gasteiger partial charge is 0.461 e. The molecule has 0 unspecified atom stereocenters. The first-order valence-electron chi connectivity index (χ1n) is 5.75. The Labute approximate surface area is 118 Å². The van der Waals surface area contributed by atoms with Crippen LogP contribution < -0.4 is 0 Å². The Bertz CT molecular complexity index is 216. The van der Waals surface area contributed by atoms with E-state index in [-0.39, 0.29) is 39.4 Å². The highest BCUT2D eigenvalue weighted by molar-refractivity contribution is 5.94. The summed E-state index contributed by atoms with van der Waals surface area (Å²) in [6.45, 7) is 11.8. The Balaban J connectivity index is -0.000000105. The van der Waals surface area contributed by atoms with E-state index in [4.69, 9.17) is 10.2 Å². The van der Waals surface area contributed by atoms with Crippen LogP contribution in [0, 0.1) is 0 Å². The SMILES string of the molecule is C=CCOC(=O)CC(C)=O.CC(C)O.CC(C)O.[B]. The highest BCUT2D eigenvalue weighted by Crippen LogP contribution is 1.87. The summed E-state index contributed by atoms with van der Waals surface area (Å²) in [5, 5.41) is 16.1. The van der Waals surface area contributed by atoms with Crippen LogP contribution in [0.3, 0.4) is 0 Å². The average molecular weight is 273 g/mol. The summed E-state index contributed by atoms with van der Waals surface area (Å²) in [7, 11) is 0. The van der Waals surface area contributed by atoms with E-state index in [1.807, 2.05) is 0 Å². The molecule has 0 atom stereocenters. The molecule has 0 fully saturated rings.